The third-order valence-electron chi connectivity index (χ3n) is 3.19. The lowest BCUT2D eigenvalue weighted by atomic mass is 10.2. The molecular weight excluding hydrogens is 316 g/mol. The Labute approximate surface area is 139 Å². The Morgan fingerprint density at radius 2 is 1.75 bits per heavy atom. The molecule has 0 spiro atoms. The standard InChI is InChI=1S/C16H20N2O6/c1-5-6-14(19)23-9-13-17-18-16(24-13)10-7-11(20-2)15(22-4)12(8-10)21-3/h7-8H,5-6,9H2,1-4H3. The van der Waals surface area contributed by atoms with Gasteiger partial charge in [0.2, 0.25) is 11.6 Å². The van der Waals surface area contributed by atoms with Crippen molar-refractivity contribution in [3.05, 3.63) is 18.0 Å². The number of aromatic nitrogens is 2. The number of ether oxygens (including phenoxy) is 4. The third-order valence-corrected chi connectivity index (χ3v) is 3.19. The Hall–Kier alpha value is -2.77. The number of nitrogens with zero attached hydrogens (tertiary/aromatic N) is 2. The number of benzene rings is 1. The van der Waals surface area contributed by atoms with Gasteiger partial charge in [-0.15, -0.1) is 10.2 Å². The Bertz CT molecular complexity index is 673. The van der Waals surface area contributed by atoms with E-state index >= 15 is 0 Å². The Morgan fingerprint density at radius 3 is 2.29 bits per heavy atom. The summed E-state index contributed by atoms with van der Waals surface area (Å²) in [5, 5.41) is 7.83. The van der Waals surface area contributed by atoms with E-state index in [4.69, 9.17) is 23.4 Å². The highest BCUT2D eigenvalue weighted by Gasteiger charge is 2.17. The maximum absolute atomic E-state index is 11.4. The molecule has 2 rings (SSSR count). The normalized spacial score (nSPS) is 10.3. The fourth-order valence-electron chi connectivity index (χ4n) is 2.05. The molecule has 0 radical (unpaired) electrons. The van der Waals surface area contributed by atoms with Gasteiger partial charge in [0, 0.05) is 12.0 Å². The Kier molecular flexibility index (Phi) is 6.00. The minimum Gasteiger partial charge on any atom is -0.493 e. The van der Waals surface area contributed by atoms with E-state index in [1.165, 1.54) is 21.3 Å². The van der Waals surface area contributed by atoms with Crippen molar-refractivity contribution in [1.29, 1.82) is 0 Å². The fourth-order valence-corrected chi connectivity index (χ4v) is 2.05. The molecule has 24 heavy (non-hydrogen) atoms. The Balaban J connectivity index is 2.21. The van der Waals surface area contributed by atoms with Gasteiger partial charge in [0.25, 0.3) is 5.89 Å². The monoisotopic (exact) mass is 336 g/mol. The van der Waals surface area contributed by atoms with Crippen LogP contribution < -0.4 is 14.2 Å². The second-order valence-corrected chi connectivity index (χ2v) is 4.83. The first-order chi connectivity index (χ1) is 11.6. The number of hydrogen-bond donors (Lipinski definition) is 0. The summed E-state index contributed by atoms with van der Waals surface area (Å²) >= 11 is 0. The summed E-state index contributed by atoms with van der Waals surface area (Å²) in [6.07, 6.45) is 1.08. The summed E-state index contributed by atoms with van der Waals surface area (Å²) < 4.78 is 26.4. The zero-order chi connectivity index (χ0) is 17.5. The van der Waals surface area contributed by atoms with E-state index < -0.39 is 0 Å². The summed E-state index contributed by atoms with van der Waals surface area (Å²) in [6, 6.07) is 3.39. The first kappa shape index (κ1) is 17.6. The van der Waals surface area contributed by atoms with Gasteiger partial charge in [-0.3, -0.25) is 4.79 Å². The molecule has 1 aromatic carbocycles. The molecule has 0 fully saturated rings. The number of methoxy groups -OCH3 is 3. The highest BCUT2D eigenvalue weighted by molar-refractivity contribution is 5.69. The van der Waals surface area contributed by atoms with Gasteiger partial charge in [0.15, 0.2) is 18.1 Å². The van der Waals surface area contributed by atoms with Gasteiger partial charge in [0.1, 0.15) is 0 Å². The van der Waals surface area contributed by atoms with Crippen molar-refractivity contribution in [2.45, 2.75) is 26.4 Å². The van der Waals surface area contributed by atoms with Crippen molar-refractivity contribution < 1.29 is 28.2 Å². The molecule has 8 nitrogen and oxygen atoms in total. The van der Waals surface area contributed by atoms with Crippen LogP contribution in [0.3, 0.4) is 0 Å². The lowest BCUT2D eigenvalue weighted by Crippen LogP contribution is -2.03. The van der Waals surface area contributed by atoms with Gasteiger partial charge >= 0.3 is 5.97 Å². The largest absolute Gasteiger partial charge is 0.493 e. The first-order valence-electron chi connectivity index (χ1n) is 7.41. The summed E-state index contributed by atoms with van der Waals surface area (Å²) in [7, 11) is 4.57. The molecule has 0 unspecified atom stereocenters. The predicted octanol–water partition coefficient (Wildman–Crippen LogP) is 2.61. The van der Waals surface area contributed by atoms with E-state index in [1.807, 2.05) is 6.92 Å². The number of carbonyl (C=O) groups is 1. The zero-order valence-electron chi connectivity index (χ0n) is 14.1. The molecule has 1 heterocycles. The van der Waals surface area contributed by atoms with Gasteiger partial charge < -0.3 is 23.4 Å². The number of esters is 1. The minimum atomic E-state index is -0.301. The second-order valence-electron chi connectivity index (χ2n) is 4.83. The molecule has 0 aliphatic heterocycles. The number of hydrogen-bond acceptors (Lipinski definition) is 8. The van der Waals surface area contributed by atoms with Gasteiger partial charge in [-0.25, -0.2) is 0 Å². The smallest absolute Gasteiger partial charge is 0.306 e. The van der Waals surface area contributed by atoms with Gasteiger partial charge in [-0.2, -0.15) is 0 Å². The fraction of sp³-hybridized carbons (Fsp3) is 0.438. The van der Waals surface area contributed by atoms with Crippen LogP contribution in [0, 0.1) is 0 Å². The summed E-state index contributed by atoms with van der Waals surface area (Å²) in [4.78, 5) is 11.4. The molecule has 2 aromatic rings. The molecule has 0 N–H and O–H groups in total. The van der Waals surface area contributed by atoms with Gasteiger partial charge in [-0.05, 0) is 18.6 Å². The van der Waals surface area contributed by atoms with Crippen molar-refractivity contribution in [2.24, 2.45) is 0 Å². The van der Waals surface area contributed by atoms with Crippen LogP contribution in [-0.4, -0.2) is 37.5 Å². The third kappa shape index (κ3) is 3.95. The highest BCUT2D eigenvalue weighted by atomic mass is 16.5. The van der Waals surface area contributed by atoms with Crippen LogP contribution >= 0.6 is 0 Å². The lowest BCUT2D eigenvalue weighted by Gasteiger charge is -2.12. The SMILES string of the molecule is CCCC(=O)OCc1nnc(-c2cc(OC)c(OC)c(OC)c2)o1. The second kappa shape index (κ2) is 8.19. The summed E-state index contributed by atoms with van der Waals surface area (Å²) in [6.45, 7) is 1.84. The van der Waals surface area contributed by atoms with Crippen molar-refractivity contribution in [3.63, 3.8) is 0 Å². The van der Waals surface area contributed by atoms with Crippen LogP contribution in [0.4, 0.5) is 0 Å². The molecule has 0 atom stereocenters. The van der Waals surface area contributed by atoms with Crippen molar-refractivity contribution in [2.75, 3.05) is 21.3 Å². The molecule has 130 valence electrons. The number of rotatable bonds is 8. The summed E-state index contributed by atoms with van der Waals surface area (Å²) in [5.74, 6) is 1.59. The molecule has 0 saturated heterocycles. The molecule has 8 heteroatoms. The molecule has 1 aromatic heterocycles. The average Bonchev–Trinajstić information content (AvgIpc) is 3.07. The molecule has 0 amide bonds. The topological polar surface area (TPSA) is 92.9 Å². The maximum atomic E-state index is 11.4. The predicted molar refractivity (Wildman–Crippen MR) is 84.1 cm³/mol. The van der Waals surface area contributed by atoms with E-state index in [0.29, 0.717) is 29.2 Å². The van der Waals surface area contributed by atoms with E-state index in [2.05, 4.69) is 10.2 Å². The molecule has 0 bridgehead atoms. The van der Waals surface area contributed by atoms with E-state index in [0.717, 1.165) is 6.42 Å². The van der Waals surface area contributed by atoms with Crippen LogP contribution in [0.2, 0.25) is 0 Å². The minimum absolute atomic E-state index is 0.0593. The molecule has 0 saturated carbocycles. The highest BCUT2D eigenvalue weighted by Crippen LogP contribution is 2.40. The van der Waals surface area contributed by atoms with Gasteiger partial charge in [0.05, 0.1) is 21.3 Å². The molecule has 0 aliphatic carbocycles. The van der Waals surface area contributed by atoms with Crippen molar-refractivity contribution in [1.82, 2.24) is 10.2 Å². The molecular formula is C16H20N2O6. The van der Waals surface area contributed by atoms with Crippen LogP contribution in [0.25, 0.3) is 11.5 Å². The van der Waals surface area contributed by atoms with Gasteiger partial charge in [-0.1, -0.05) is 6.92 Å². The number of carbonyl (C=O) groups excluding carboxylic acids is 1. The zero-order valence-corrected chi connectivity index (χ0v) is 14.1. The molecule has 0 aliphatic rings. The lowest BCUT2D eigenvalue weighted by molar-refractivity contribution is -0.145. The average molecular weight is 336 g/mol. The quantitative estimate of drug-likeness (QED) is 0.679. The first-order valence-corrected chi connectivity index (χ1v) is 7.41. The summed E-state index contributed by atoms with van der Waals surface area (Å²) in [5.41, 5.74) is 0.600. The van der Waals surface area contributed by atoms with Crippen molar-refractivity contribution >= 4 is 5.97 Å². The van der Waals surface area contributed by atoms with E-state index in [9.17, 15) is 4.79 Å². The van der Waals surface area contributed by atoms with E-state index in [-0.39, 0.29) is 24.4 Å². The van der Waals surface area contributed by atoms with E-state index in [1.54, 1.807) is 12.1 Å². The maximum Gasteiger partial charge on any atom is 0.306 e. The van der Waals surface area contributed by atoms with Crippen LogP contribution in [0.1, 0.15) is 25.7 Å². The van der Waals surface area contributed by atoms with Crippen LogP contribution in [0.5, 0.6) is 17.2 Å². The Morgan fingerprint density at radius 1 is 1.08 bits per heavy atom. The van der Waals surface area contributed by atoms with Crippen molar-refractivity contribution in [3.8, 4) is 28.7 Å². The van der Waals surface area contributed by atoms with Crippen LogP contribution in [0.15, 0.2) is 16.5 Å². The van der Waals surface area contributed by atoms with Crippen LogP contribution in [-0.2, 0) is 16.1 Å².